The number of ketones is 1. The number of carbonyl (C=O) groups excluding carboxylic acids is 1. The van der Waals surface area contributed by atoms with Crippen LogP contribution in [0.4, 0.5) is 0 Å². The topological polar surface area (TPSA) is 56.5 Å². The molecule has 0 bridgehead atoms. The molecule has 2 aliphatic rings. The number of fused-ring (bicyclic) bond motifs is 2. The van der Waals surface area contributed by atoms with Gasteiger partial charge < -0.3 is 4.74 Å². The SMILES string of the molecule is [CH2]C1(c2nc3c(OC)ccc(-c4cccc5c4CCC5=O)n3n2)CC1. The summed E-state index contributed by atoms with van der Waals surface area (Å²) in [5.74, 6) is 1.67. The zero-order valence-electron chi connectivity index (χ0n) is 14.1. The first-order valence-corrected chi connectivity index (χ1v) is 8.56. The van der Waals surface area contributed by atoms with E-state index in [2.05, 4.69) is 13.0 Å². The van der Waals surface area contributed by atoms with Crippen molar-refractivity contribution in [1.29, 1.82) is 0 Å². The number of hydrogen-bond acceptors (Lipinski definition) is 4. The third kappa shape index (κ3) is 2.05. The molecule has 1 aromatic carbocycles. The van der Waals surface area contributed by atoms with E-state index in [1.165, 1.54) is 0 Å². The highest BCUT2D eigenvalue weighted by molar-refractivity contribution is 6.02. The van der Waals surface area contributed by atoms with Crippen LogP contribution in [0.15, 0.2) is 30.3 Å². The predicted molar refractivity (Wildman–Crippen MR) is 93.9 cm³/mol. The van der Waals surface area contributed by atoms with E-state index in [4.69, 9.17) is 14.8 Å². The van der Waals surface area contributed by atoms with Gasteiger partial charge in [-0.2, -0.15) is 0 Å². The summed E-state index contributed by atoms with van der Waals surface area (Å²) in [5, 5.41) is 4.75. The molecule has 2 heterocycles. The van der Waals surface area contributed by atoms with Gasteiger partial charge in [0.1, 0.15) is 0 Å². The molecule has 1 saturated carbocycles. The van der Waals surface area contributed by atoms with Gasteiger partial charge >= 0.3 is 0 Å². The fraction of sp³-hybridized carbons (Fsp3) is 0.300. The zero-order valence-corrected chi connectivity index (χ0v) is 14.1. The highest BCUT2D eigenvalue weighted by atomic mass is 16.5. The maximum absolute atomic E-state index is 12.1. The Kier molecular flexibility index (Phi) is 2.87. The largest absolute Gasteiger partial charge is 0.493 e. The van der Waals surface area contributed by atoms with Crippen molar-refractivity contribution in [2.24, 2.45) is 0 Å². The van der Waals surface area contributed by atoms with Crippen LogP contribution in [-0.2, 0) is 11.8 Å². The van der Waals surface area contributed by atoms with Gasteiger partial charge in [0, 0.05) is 23.0 Å². The van der Waals surface area contributed by atoms with E-state index in [1.54, 1.807) is 7.11 Å². The maximum Gasteiger partial charge on any atom is 0.198 e. The summed E-state index contributed by atoms with van der Waals surface area (Å²) in [7, 11) is 1.64. The van der Waals surface area contributed by atoms with E-state index < -0.39 is 0 Å². The van der Waals surface area contributed by atoms with Gasteiger partial charge in [-0.1, -0.05) is 18.2 Å². The number of ether oxygens (including phenoxy) is 1. The number of rotatable bonds is 3. The Morgan fingerprint density at radius 2 is 1.96 bits per heavy atom. The lowest BCUT2D eigenvalue weighted by Crippen LogP contribution is -2.04. The second kappa shape index (κ2) is 4.91. The van der Waals surface area contributed by atoms with Crippen LogP contribution in [0.1, 0.15) is 41.0 Å². The van der Waals surface area contributed by atoms with E-state index in [1.807, 2.05) is 28.8 Å². The van der Waals surface area contributed by atoms with Crippen molar-refractivity contribution in [3.05, 3.63) is 54.2 Å². The molecular formula is C20H18N3O2. The highest BCUT2D eigenvalue weighted by Gasteiger charge is 2.43. The molecule has 2 aliphatic carbocycles. The van der Waals surface area contributed by atoms with Gasteiger partial charge in [0.2, 0.25) is 0 Å². The minimum atomic E-state index is -0.164. The molecule has 0 aliphatic heterocycles. The monoisotopic (exact) mass is 332 g/mol. The molecule has 0 N–H and O–H groups in total. The number of methoxy groups -OCH3 is 1. The molecule has 5 rings (SSSR count). The number of benzene rings is 1. The lowest BCUT2D eigenvalue weighted by atomic mass is 10.00. The molecule has 5 heteroatoms. The average molecular weight is 332 g/mol. The van der Waals surface area contributed by atoms with Crippen molar-refractivity contribution >= 4 is 11.4 Å². The normalized spacial score (nSPS) is 17.8. The summed E-state index contributed by atoms with van der Waals surface area (Å²) in [6, 6.07) is 9.82. The first kappa shape index (κ1) is 14.6. The number of hydrogen-bond donors (Lipinski definition) is 0. The van der Waals surface area contributed by atoms with Crippen LogP contribution in [0.25, 0.3) is 16.9 Å². The number of nitrogens with zero attached hydrogens (tertiary/aromatic N) is 3. The average Bonchev–Trinajstić information content (AvgIpc) is 3.06. The third-order valence-electron chi connectivity index (χ3n) is 5.35. The van der Waals surface area contributed by atoms with Gasteiger partial charge in [-0.25, -0.2) is 9.50 Å². The van der Waals surface area contributed by atoms with E-state index in [9.17, 15) is 4.79 Å². The quantitative estimate of drug-likeness (QED) is 0.737. The van der Waals surface area contributed by atoms with Crippen LogP contribution in [-0.4, -0.2) is 27.5 Å². The van der Waals surface area contributed by atoms with Crippen molar-refractivity contribution in [2.45, 2.75) is 31.1 Å². The summed E-state index contributed by atoms with van der Waals surface area (Å²) < 4.78 is 7.32. The zero-order chi connectivity index (χ0) is 17.2. The van der Waals surface area contributed by atoms with Crippen LogP contribution < -0.4 is 4.74 Å². The fourth-order valence-corrected chi connectivity index (χ4v) is 3.63. The third-order valence-corrected chi connectivity index (χ3v) is 5.35. The minimum Gasteiger partial charge on any atom is -0.493 e. The van der Waals surface area contributed by atoms with Gasteiger partial charge in [-0.3, -0.25) is 4.79 Å². The smallest absolute Gasteiger partial charge is 0.198 e. The molecule has 1 radical (unpaired) electrons. The molecule has 5 nitrogen and oxygen atoms in total. The first-order valence-electron chi connectivity index (χ1n) is 8.56. The molecule has 3 aromatic rings. The molecule has 25 heavy (non-hydrogen) atoms. The van der Waals surface area contributed by atoms with E-state index in [-0.39, 0.29) is 11.2 Å². The lowest BCUT2D eigenvalue weighted by Gasteiger charge is -2.11. The summed E-state index contributed by atoms with van der Waals surface area (Å²) in [6.45, 7) is 4.25. The van der Waals surface area contributed by atoms with Gasteiger partial charge in [-0.15, -0.1) is 5.10 Å². The Labute approximate surface area is 145 Å². The first-order chi connectivity index (χ1) is 12.1. The van der Waals surface area contributed by atoms with Gasteiger partial charge in [-0.05, 0) is 43.9 Å². The number of carbonyl (C=O) groups is 1. The molecule has 0 amide bonds. The van der Waals surface area contributed by atoms with Crippen LogP contribution in [0, 0.1) is 6.92 Å². The van der Waals surface area contributed by atoms with Crippen molar-refractivity contribution in [1.82, 2.24) is 14.6 Å². The Balaban J connectivity index is 1.78. The van der Waals surface area contributed by atoms with Crippen LogP contribution in [0.3, 0.4) is 0 Å². The van der Waals surface area contributed by atoms with E-state index in [0.717, 1.165) is 47.5 Å². The molecular weight excluding hydrogens is 314 g/mol. The molecule has 125 valence electrons. The summed E-state index contributed by atoms with van der Waals surface area (Å²) in [6.07, 6.45) is 3.38. The molecule has 0 spiro atoms. The second-order valence-corrected chi connectivity index (χ2v) is 6.99. The van der Waals surface area contributed by atoms with Crippen LogP contribution in [0.2, 0.25) is 0 Å². The Morgan fingerprint density at radius 3 is 2.72 bits per heavy atom. The standard InChI is InChI=1S/C20H18N3O2/c1-20(10-11-20)19-21-18-17(25-2)9-7-15(23(18)22-19)13-4-3-5-14-12(13)6-8-16(14)24/h3-5,7,9H,1,6,8,10-11H2,2H3. The van der Waals surface area contributed by atoms with Crippen molar-refractivity contribution in [3.8, 4) is 17.0 Å². The van der Waals surface area contributed by atoms with E-state index in [0.29, 0.717) is 17.8 Å². The summed E-state index contributed by atoms with van der Waals surface area (Å²) in [5.41, 5.74) is 4.45. The summed E-state index contributed by atoms with van der Waals surface area (Å²) >= 11 is 0. The lowest BCUT2D eigenvalue weighted by molar-refractivity contribution is 0.0994. The van der Waals surface area contributed by atoms with Crippen LogP contribution in [0.5, 0.6) is 5.75 Å². The molecule has 0 atom stereocenters. The Morgan fingerprint density at radius 1 is 1.16 bits per heavy atom. The summed E-state index contributed by atoms with van der Waals surface area (Å²) in [4.78, 5) is 16.8. The molecule has 2 aromatic heterocycles. The Bertz CT molecular complexity index is 1030. The second-order valence-electron chi connectivity index (χ2n) is 6.99. The molecule has 0 saturated heterocycles. The highest BCUT2D eigenvalue weighted by Crippen LogP contribution is 2.46. The Hall–Kier alpha value is -2.69. The van der Waals surface area contributed by atoms with Crippen molar-refractivity contribution in [2.75, 3.05) is 7.11 Å². The van der Waals surface area contributed by atoms with Crippen molar-refractivity contribution in [3.63, 3.8) is 0 Å². The minimum absolute atomic E-state index is 0.164. The maximum atomic E-state index is 12.1. The number of pyridine rings is 1. The molecule has 1 fully saturated rings. The number of Topliss-reactive ketones (excluding diaryl/α,β-unsaturated/α-hetero) is 1. The van der Waals surface area contributed by atoms with Crippen LogP contribution >= 0.6 is 0 Å². The van der Waals surface area contributed by atoms with Crippen molar-refractivity contribution < 1.29 is 9.53 Å². The van der Waals surface area contributed by atoms with Gasteiger partial charge in [0.05, 0.1) is 12.8 Å². The van der Waals surface area contributed by atoms with Gasteiger partial charge in [0.25, 0.3) is 0 Å². The van der Waals surface area contributed by atoms with Gasteiger partial charge in [0.15, 0.2) is 23.0 Å². The predicted octanol–water partition coefficient (Wildman–Crippen LogP) is 3.40. The molecule has 0 unspecified atom stereocenters. The fourth-order valence-electron chi connectivity index (χ4n) is 3.63. The van der Waals surface area contributed by atoms with E-state index >= 15 is 0 Å². The number of aromatic nitrogens is 3.